The van der Waals surface area contributed by atoms with Crippen LogP contribution in [0.5, 0.6) is 0 Å². The zero-order chi connectivity index (χ0) is 23.0. The van der Waals surface area contributed by atoms with Gasteiger partial charge in [-0.15, -0.1) is 0 Å². The first kappa shape index (κ1) is 23.9. The van der Waals surface area contributed by atoms with Gasteiger partial charge in [-0.2, -0.15) is 9.29 Å². The fraction of sp³-hybridized carbons (Fsp3) is 0.364. The normalized spacial score (nSPS) is 23.1. The highest BCUT2D eigenvalue weighted by Gasteiger charge is 2.39. The van der Waals surface area contributed by atoms with Crippen LogP contribution in [-0.4, -0.2) is 58.2 Å². The number of ether oxygens (including phenoxy) is 2. The van der Waals surface area contributed by atoms with Crippen molar-refractivity contribution in [3.05, 3.63) is 28.8 Å². The molecule has 0 aromatic carbocycles. The van der Waals surface area contributed by atoms with Gasteiger partial charge in [0, 0.05) is 0 Å². The number of hydrogen-bond acceptors (Lipinski definition) is 11. The van der Waals surface area contributed by atoms with Gasteiger partial charge in [0.25, 0.3) is 5.56 Å². The molecule has 0 radical (unpaired) electrons. The molecule has 7 N–H and O–H groups in total. The van der Waals surface area contributed by atoms with E-state index in [9.17, 15) is 23.4 Å². The summed E-state index contributed by atoms with van der Waals surface area (Å²) >= 11 is 0. The van der Waals surface area contributed by atoms with Crippen LogP contribution in [0.1, 0.15) is 6.23 Å². The maximum Gasteiger partial charge on any atom is 0.488 e. The van der Waals surface area contributed by atoms with Gasteiger partial charge < -0.3 is 34.8 Å². The third-order valence-corrected chi connectivity index (χ3v) is 7.54. The van der Waals surface area contributed by atoms with Crippen LogP contribution in [-0.2, 0) is 31.8 Å². The van der Waals surface area contributed by atoms with Crippen molar-refractivity contribution in [3.8, 4) is 0 Å². The number of nitrogen functional groups attached to an aromatic ring is 1. The molecule has 17 nitrogen and oxygen atoms in total. The Bertz CT molecular complexity index is 1200. The second-order valence-electron chi connectivity index (χ2n) is 5.98. The lowest BCUT2D eigenvalue weighted by atomic mass is 10.4. The topological polar surface area (TPSA) is 259 Å². The average molecular weight is 503 g/mol. The Morgan fingerprint density at radius 1 is 1.19 bits per heavy atom. The van der Waals surface area contributed by atoms with E-state index >= 15 is 0 Å². The number of nitrogens with zero attached hydrogens (tertiary/aromatic N) is 3. The molecular formula is C11H16N5O12P3. The summed E-state index contributed by atoms with van der Waals surface area (Å²) in [4.78, 5) is 57.6. The van der Waals surface area contributed by atoms with Crippen molar-refractivity contribution in [3.63, 3.8) is 0 Å². The number of nitrogens with two attached hydrogens (primary N) is 1. The van der Waals surface area contributed by atoms with Crippen molar-refractivity contribution < 1.29 is 51.4 Å². The van der Waals surface area contributed by atoms with E-state index < -0.39 is 47.5 Å². The Kier molecular flexibility index (Phi) is 6.68. The summed E-state index contributed by atoms with van der Waals surface area (Å²) in [5.41, 5.74) is 5.19. The van der Waals surface area contributed by atoms with Crippen LogP contribution in [0.2, 0.25) is 0 Å². The fourth-order valence-corrected chi connectivity index (χ4v) is 5.77. The van der Waals surface area contributed by atoms with Gasteiger partial charge in [-0.1, -0.05) is 6.08 Å². The molecule has 0 saturated carbocycles. The molecule has 1 aliphatic heterocycles. The van der Waals surface area contributed by atoms with E-state index in [0.717, 1.165) is 0 Å². The first-order valence-electron chi connectivity index (χ1n) is 8.01. The highest BCUT2D eigenvalue weighted by Crippen LogP contribution is 2.65. The third kappa shape index (κ3) is 6.38. The van der Waals surface area contributed by atoms with Crippen LogP contribution >= 0.6 is 23.2 Å². The molecule has 0 fully saturated rings. The number of imidazole rings is 1. The van der Waals surface area contributed by atoms with Crippen molar-refractivity contribution in [2.24, 2.45) is 0 Å². The molecule has 0 aliphatic carbocycles. The minimum absolute atomic E-state index is 0.0372. The van der Waals surface area contributed by atoms with Crippen molar-refractivity contribution in [1.29, 1.82) is 0 Å². The van der Waals surface area contributed by atoms with E-state index in [1.165, 1.54) is 17.0 Å². The number of hydrogen-bond donors (Lipinski definition) is 6. The lowest BCUT2D eigenvalue weighted by molar-refractivity contribution is -0.0216. The first-order valence-corrected chi connectivity index (χ1v) is 12.8. The number of rotatable bonds is 9. The van der Waals surface area contributed by atoms with Gasteiger partial charge in [-0.25, -0.2) is 18.4 Å². The molecule has 3 rings (SSSR count). The molecule has 2 aromatic heterocycles. The summed E-state index contributed by atoms with van der Waals surface area (Å²) in [5.74, 6) is -0.122. The Morgan fingerprint density at radius 3 is 2.58 bits per heavy atom. The molecule has 0 spiro atoms. The van der Waals surface area contributed by atoms with E-state index in [1.807, 2.05) is 0 Å². The Hall–Kier alpha value is -1.74. The predicted octanol–water partition coefficient (Wildman–Crippen LogP) is -0.459. The maximum atomic E-state index is 11.8. The number of phosphoric acid groups is 2. The second kappa shape index (κ2) is 8.65. The number of nitrogens with one attached hydrogen (secondary N) is 1. The molecule has 0 amide bonds. The Labute approximate surface area is 171 Å². The van der Waals surface area contributed by atoms with Gasteiger partial charge in [0.15, 0.2) is 17.4 Å². The maximum absolute atomic E-state index is 11.8. The van der Waals surface area contributed by atoms with E-state index in [2.05, 4.69) is 23.6 Å². The molecule has 1 aliphatic rings. The molecule has 3 heterocycles. The van der Waals surface area contributed by atoms with E-state index in [0.29, 0.717) is 0 Å². The summed E-state index contributed by atoms with van der Waals surface area (Å²) < 4.78 is 53.0. The predicted molar refractivity (Wildman–Crippen MR) is 100 cm³/mol. The molecule has 20 heteroatoms. The lowest BCUT2D eigenvalue weighted by Gasteiger charge is -2.18. The zero-order valence-corrected chi connectivity index (χ0v) is 17.8. The van der Waals surface area contributed by atoms with Crippen molar-refractivity contribution in [1.82, 2.24) is 19.5 Å². The number of aromatic amines is 1. The number of aromatic nitrogens is 4. The standard InChI is InChI=1S/C11H16N5O12P3/c12-11-14-9-8(10(17)15-11)13-4-16(9)7-2-1-6(26-7)3-25-5-29(18,19)27-31(23,24)28-30(20,21)22/h1-2,4,6-7H,3,5H2,(H,18,19)(H,23,24)(H2,20,21,22)(H3,12,14,15,17)/t6-,7+/m0/s1. The SMILES string of the molecule is Nc1nc2c(ncn2[C@H]2C=C[C@@H](COCP(=O)(O)OP(=O)(O)OP(=O)(O)O)O2)c(=O)[nH]1. The highest BCUT2D eigenvalue weighted by atomic mass is 31.3. The van der Waals surface area contributed by atoms with Crippen LogP contribution < -0.4 is 11.3 Å². The summed E-state index contributed by atoms with van der Waals surface area (Å²) in [7, 11) is -15.9. The fourth-order valence-electron chi connectivity index (χ4n) is 2.49. The molecule has 2 unspecified atom stereocenters. The third-order valence-electron chi connectivity index (χ3n) is 3.51. The highest BCUT2D eigenvalue weighted by molar-refractivity contribution is 7.68. The summed E-state index contributed by atoms with van der Waals surface area (Å²) in [6.45, 7) is -0.307. The Morgan fingerprint density at radius 2 is 1.90 bits per heavy atom. The lowest BCUT2D eigenvalue weighted by Crippen LogP contribution is -2.18. The van der Waals surface area contributed by atoms with Crippen LogP contribution in [0.15, 0.2) is 23.3 Å². The number of H-pyrrole nitrogens is 1. The minimum atomic E-state index is -5.53. The van der Waals surface area contributed by atoms with Gasteiger partial charge in [0.05, 0.1) is 12.9 Å². The molecule has 31 heavy (non-hydrogen) atoms. The summed E-state index contributed by atoms with van der Waals surface area (Å²) in [6.07, 6.45) is 1.80. The number of fused-ring (bicyclic) bond motifs is 1. The minimum Gasteiger partial charge on any atom is -0.369 e. The quantitative estimate of drug-likeness (QED) is 0.187. The van der Waals surface area contributed by atoms with Gasteiger partial charge in [-0.3, -0.25) is 18.9 Å². The smallest absolute Gasteiger partial charge is 0.369 e. The molecule has 4 atom stereocenters. The van der Waals surface area contributed by atoms with E-state index in [-0.39, 0.29) is 23.7 Å². The van der Waals surface area contributed by atoms with Crippen LogP contribution in [0.25, 0.3) is 11.2 Å². The van der Waals surface area contributed by atoms with Crippen molar-refractivity contribution in [2.75, 3.05) is 18.7 Å². The molecule has 172 valence electrons. The van der Waals surface area contributed by atoms with E-state index in [1.54, 1.807) is 6.08 Å². The average Bonchev–Trinajstić information content (AvgIpc) is 3.17. The van der Waals surface area contributed by atoms with E-state index in [4.69, 9.17) is 29.9 Å². The van der Waals surface area contributed by atoms with Crippen LogP contribution in [0.4, 0.5) is 5.95 Å². The molecule has 2 aromatic rings. The van der Waals surface area contributed by atoms with Crippen molar-refractivity contribution >= 4 is 40.4 Å². The van der Waals surface area contributed by atoms with Gasteiger partial charge >= 0.3 is 23.2 Å². The first-order chi connectivity index (χ1) is 14.2. The zero-order valence-electron chi connectivity index (χ0n) is 15.1. The van der Waals surface area contributed by atoms with Gasteiger partial charge in [0.1, 0.15) is 12.5 Å². The van der Waals surface area contributed by atoms with Crippen LogP contribution in [0.3, 0.4) is 0 Å². The second-order valence-corrected chi connectivity index (χ2v) is 10.7. The summed E-state index contributed by atoms with van der Waals surface area (Å²) in [5, 5.41) is 0. The number of anilines is 1. The van der Waals surface area contributed by atoms with Crippen molar-refractivity contribution in [2.45, 2.75) is 12.3 Å². The molecular weight excluding hydrogens is 487 g/mol. The monoisotopic (exact) mass is 503 g/mol. The van der Waals surface area contributed by atoms with Crippen LogP contribution in [0, 0.1) is 0 Å². The molecule has 0 saturated heterocycles. The Balaban J connectivity index is 1.55. The molecule has 0 bridgehead atoms. The van der Waals surface area contributed by atoms with Gasteiger partial charge in [-0.05, 0) is 6.08 Å². The largest absolute Gasteiger partial charge is 0.488 e. The van der Waals surface area contributed by atoms with Gasteiger partial charge in [0.2, 0.25) is 5.95 Å². The summed E-state index contributed by atoms with van der Waals surface area (Å²) in [6, 6.07) is 0.